The molecule has 2 aliphatic carbocycles. The van der Waals surface area contributed by atoms with Gasteiger partial charge in [0.2, 0.25) is 0 Å². The fraction of sp³-hybridized carbons (Fsp3) is 0.176. The van der Waals surface area contributed by atoms with Gasteiger partial charge in [0.25, 0.3) is 0 Å². The lowest BCUT2D eigenvalue weighted by molar-refractivity contribution is 0.471. The second kappa shape index (κ2) is 10.5. The molecule has 4 aliphatic rings. The van der Waals surface area contributed by atoms with Gasteiger partial charge in [0.15, 0.2) is 11.5 Å². The molecule has 2 heterocycles. The molecule has 0 saturated heterocycles. The normalized spacial score (nSPS) is 16.5. The van der Waals surface area contributed by atoms with Crippen molar-refractivity contribution in [3.05, 3.63) is 179 Å². The molecule has 11 rings (SSSR count). The average Bonchev–Trinajstić information content (AvgIpc) is 3.55. The first-order valence-corrected chi connectivity index (χ1v) is 19.2. The molecule has 0 fully saturated rings. The Morgan fingerprint density at radius 1 is 0.389 bits per heavy atom. The van der Waals surface area contributed by atoms with Crippen LogP contribution in [0, 0.1) is 0 Å². The number of hydrogen-bond donors (Lipinski definition) is 0. The van der Waals surface area contributed by atoms with Crippen LogP contribution in [0.3, 0.4) is 0 Å². The van der Waals surface area contributed by atoms with Crippen LogP contribution in [-0.2, 0) is 16.2 Å². The molecule has 7 aromatic rings. The van der Waals surface area contributed by atoms with Crippen molar-refractivity contribution in [1.29, 1.82) is 0 Å². The Labute approximate surface area is 318 Å². The molecular weight excluding hydrogens is 657 g/mol. The zero-order chi connectivity index (χ0) is 36.7. The summed E-state index contributed by atoms with van der Waals surface area (Å²) in [5, 5.41) is 0. The van der Waals surface area contributed by atoms with Gasteiger partial charge in [-0.25, -0.2) is 0 Å². The third kappa shape index (κ3) is 4.02. The lowest BCUT2D eigenvalue weighted by Crippen LogP contribution is -2.32. The molecule has 3 nitrogen and oxygen atoms in total. The van der Waals surface area contributed by atoms with Crippen LogP contribution in [0.5, 0.6) is 11.5 Å². The molecule has 0 atom stereocenters. The third-order valence-electron chi connectivity index (χ3n) is 13.0. The maximum absolute atomic E-state index is 6.93. The van der Waals surface area contributed by atoms with Crippen LogP contribution in [0.1, 0.15) is 74.9 Å². The zero-order valence-corrected chi connectivity index (χ0v) is 31.7. The number of anilines is 6. The molecule has 0 N–H and O–H groups in total. The van der Waals surface area contributed by atoms with Crippen LogP contribution in [0.4, 0.5) is 34.1 Å². The van der Waals surface area contributed by atoms with E-state index in [-0.39, 0.29) is 16.2 Å². The average molecular weight is 699 g/mol. The van der Waals surface area contributed by atoms with Gasteiger partial charge in [-0.1, -0.05) is 133 Å². The van der Waals surface area contributed by atoms with Crippen molar-refractivity contribution >= 4 is 34.1 Å². The van der Waals surface area contributed by atoms with Crippen LogP contribution in [0.15, 0.2) is 146 Å². The molecule has 0 aromatic heterocycles. The Hall–Kier alpha value is -6.06. The fourth-order valence-electron chi connectivity index (χ4n) is 10.2. The Balaban J connectivity index is 1.17. The van der Waals surface area contributed by atoms with E-state index >= 15 is 0 Å². The SMILES string of the molecule is CC1(C)c2ccccc2-c2ccc(N(c3ccc4c(c3)C(C)(C)c3ccccc3-4)c3cc4c5c(c3)C(C)(C)c3ccccc3N5c3ccccc3O4)cc21. The number of ether oxygens (including phenoxy) is 1. The Kier molecular flexibility index (Phi) is 6.14. The summed E-state index contributed by atoms with van der Waals surface area (Å²) in [6.07, 6.45) is 0. The summed E-state index contributed by atoms with van der Waals surface area (Å²) in [5.41, 5.74) is 19.5. The molecule has 0 amide bonds. The topological polar surface area (TPSA) is 15.7 Å². The summed E-state index contributed by atoms with van der Waals surface area (Å²) in [6.45, 7) is 14.2. The number of nitrogens with zero attached hydrogens (tertiary/aromatic N) is 2. The van der Waals surface area contributed by atoms with E-state index in [1.54, 1.807) is 0 Å². The monoisotopic (exact) mass is 698 g/mol. The molecule has 7 aromatic carbocycles. The van der Waals surface area contributed by atoms with Crippen molar-refractivity contribution in [2.75, 3.05) is 9.80 Å². The van der Waals surface area contributed by atoms with Crippen molar-refractivity contribution in [3.63, 3.8) is 0 Å². The first kappa shape index (κ1) is 31.5. The van der Waals surface area contributed by atoms with Gasteiger partial charge in [0.1, 0.15) is 0 Å². The second-order valence-corrected chi connectivity index (χ2v) is 17.0. The zero-order valence-electron chi connectivity index (χ0n) is 31.7. The summed E-state index contributed by atoms with van der Waals surface area (Å²) >= 11 is 0. The van der Waals surface area contributed by atoms with Gasteiger partial charge in [-0.2, -0.15) is 0 Å². The molecular formula is C51H42N2O. The Morgan fingerprint density at radius 2 is 0.852 bits per heavy atom. The molecule has 0 saturated carbocycles. The van der Waals surface area contributed by atoms with E-state index < -0.39 is 0 Å². The first-order chi connectivity index (χ1) is 26.0. The second-order valence-electron chi connectivity index (χ2n) is 17.0. The minimum atomic E-state index is -0.280. The highest BCUT2D eigenvalue weighted by atomic mass is 16.5. The quantitative estimate of drug-likeness (QED) is 0.183. The largest absolute Gasteiger partial charge is 0.453 e. The number of benzene rings is 7. The highest BCUT2D eigenvalue weighted by molar-refractivity contribution is 5.96. The Morgan fingerprint density at radius 3 is 1.46 bits per heavy atom. The van der Waals surface area contributed by atoms with E-state index in [0.29, 0.717) is 0 Å². The summed E-state index contributed by atoms with van der Waals surface area (Å²) in [6, 6.07) is 54.0. The van der Waals surface area contributed by atoms with Gasteiger partial charge >= 0.3 is 0 Å². The van der Waals surface area contributed by atoms with Crippen molar-refractivity contribution in [2.45, 2.75) is 57.8 Å². The summed E-state index contributed by atoms with van der Waals surface area (Å²) in [5.74, 6) is 1.74. The number of rotatable bonds is 3. The maximum atomic E-state index is 6.93. The Bertz CT molecular complexity index is 2640. The molecule has 0 radical (unpaired) electrons. The van der Waals surface area contributed by atoms with Gasteiger partial charge in [0.05, 0.1) is 22.7 Å². The number of hydrogen-bond acceptors (Lipinski definition) is 3. The molecule has 0 spiro atoms. The molecule has 3 heteroatoms. The van der Waals surface area contributed by atoms with Crippen molar-refractivity contribution in [1.82, 2.24) is 0 Å². The molecule has 54 heavy (non-hydrogen) atoms. The highest BCUT2D eigenvalue weighted by Gasteiger charge is 2.43. The highest BCUT2D eigenvalue weighted by Crippen LogP contribution is 2.62. The fourth-order valence-corrected chi connectivity index (χ4v) is 10.2. The molecule has 262 valence electrons. The minimum absolute atomic E-state index is 0.129. The van der Waals surface area contributed by atoms with Gasteiger partial charge in [0, 0.05) is 33.7 Å². The van der Waals surface area contributed by atoms with Crippen LogP contribution in [0.25, 0.3) is 22.3 Å². The van der Waals surface area contributed by atoms with Gasteiger partial charge in [-0.15, -0.1) is 0 Å². The van der Waals surface area contributed by atoms with E-state index in [1.165, 1.54) is 61.3 Å². The van der Waals surface area contributed by atoms with Crippen LogP contribution < -0.4 is 14.5 Å². The summed E-state index contributed by atoms with van der Waals surface area (Å²) < 4.78 is 6.93. The van der Waals surface area contributed by atoms with Crippen molar-refractivity contribution < 1.29 is 4.74 Å². The standard InChI is InChI=1S/C51H42N2O/c1-49(2)38-17-9-7-15-34(38)36-25-23-31(27-41(36)49)52(32-24-26-37-35-16-8-10-18-39(35)50(3,4)42(37)28-32)33-29-43-48-47(30-33)54-46-22-14-13-21-45(46)53(48)44-20-12-11-19-40(44)51(43,5)6/h7-30H,1-6H3. The summed E-state index contributed by atoms with van der Waals surface area (Å²) in [7, 11) is 0. The van der Waals surface area contributed by atoms with E-state index in [0.717, 1.165) is 39.9 Å². The van der Waals surface area contributed by atoms with Crippen LogP contribution in [-0.4, -0.2) is 0 Å². The smallest absolute Gasteiger partial charge is 0.153 e. The van der Waals surface area contributed by atoms with E-state index in [9.17, 15) is 0 Å². The van der Waals surface area contributed by atoms with Crippen molar-refractivity contribution in [2.24, 2.45) is 0 Å². The minimum Gasteiger partial charge on any atom is -0.453 e. The third-order valence-corrected chi connectivity index (χ3v) is 13.0. The van der Waals surface area contributed by atoms with Crippen LogP contribution >= 0.6 is 0 Å². The predicted molar refractivity (Wildman–Crippen MR) is 223 cm³/mol. The van der Waals surface area contributed by atoms with Gasteiger partial charge in [-0.3, -0.25) is 0 Å². The number of fused-ring (bicyclic) bond motifs is 10. The van der Waals surface area contributed by atoms with Gasteiger partial charge in [-0.05, 0) is 104 Å². The maximum Gasteiger partial charge on any atom is 0.153 e. The molecule has 0 bridgehead atoms. The van der Waals surface area contributed by atoms with Crippen LogP contribution in [0.2, 0.25) is 0 Å². The number of para-hydroxylation sites is 3. The summed E-state index contributed by atoms with van der Waals surface area (Å²) in [4.78, 5) is 4.89. The molecule has 0 unspecified atom stereocenters. The lowest BCUT2D eigenvalue weighted by atomic mass is 9.73. The van der Waals surface area contributed by atoms with Crippen molar-refractivity contribution in [3.8, 4) is 33.8 Å². The first-order valence-electron chi connectivity index (χ1n) is 19.2. The predicted octanol–water partition coefficient (Wildman–Crippen LogP) is 14.0. The van der Waals surface area contributed by atoms with E-state index in [2.05, 4.69) is 197 Å². The molecule has 2 aliphatic heterocycles. The van der Waals surface area contributed by atoms with E-state index in [1.807, 2.05) is 0 Å². The lowest BCUT2D eigenvalue weighted by Gasteiger charge is -2.45. The van der Waals surface area contributed by atoms with E-state index in [4.69, 9.17) is 4.74 Å². The van der Waals surface area contributed by atoms with Gasteiger partial charge < -0.3 is 14.5 Å².